The van der Waals surface area contributed by atoms with Crippen molar-refractivity contribution >= 4 is 90.8 Å². The minimum Gasteiger partial charge on any atom is -0.508 e. The first-order valence-electron chi connectivity index (χ1n) is 29.4. The van der Waals surface area contributed by atoms with Gasteiger partial charge in [-0.2, -0.15) is 0 Å². The molecule has 4 aromatic carbocycles. The lowest BCUT2D eigenvalue weighted by atomic mass is 9.86. The molecule has 25 nitrogen and oxygen atoms in total. The zero-order chi connectivity index (χ0) is 61.1. The van der Waals surface area contributed by atoms with E-state index in [4.69, 9.17) is 19.2 Å². The number of H-pyrrole nitrogens is 1. The summed E-state index contributed by atoms with van der Waals surface area (Å²) in [5.41, 5.74) is 5.98. The van der Waals surface area contributed by atoms with Crippen LogP contribution in [0.5, 0.6) is 17.2 Å². The lowest BCUT2D eigenvalue weighted by Crippen LogP contribution is -2.56. The fourth-order valence-corrected chi connectivity index (χ4v) is 13.9. The number of amides is 3. The van der Waals surface area contributed by atoms with E-state index in [-0.39, 0.29) is 87.0 Å². The highest BCUT2D eigenvalue weighted by molar-refractivity contribution is 6.39. The number of rotatable bonds is 10. The molecule has 14 rings (SSSR count). The Morgan fingerprint density at radius 3 is 2.19 bits per heavy atom. The lowest BCUT2D eigenvalue weighted by Gasteiger charge is -2.41. The summed E-state index contributed by atoms with van der Waals surface area (Å²) in [4.78, 5) is 79.8. The van der Waals surface area contributed by atoms with Gasteiger partial charge in [-0.1, -0.05) is 20.3 Å². The van der Waals surface area contributed by atoms with Crippen LogP contribution in [0, 0.1) is 0 Å². The molecule has 6 aliphatic heterocycles. The predicted octanol–water partition coefficient (Wildman–Crippen LogP) is 3.78. The number of carbonyl (C=O) groups excluding carboxylic acids is 4. The monoisotopic (exact) mass is 1230 g/mol. The van der Waals surface area contributed by atoms with Crippen LogP contribution in [0.4, 0.5) is 4.79 Å². The summed E-state index contributed by atoms with van der Waals surface area (Å²) in [6.07, 6.45) is -1.66. The Hall–Kier alpha value is -7.79. The van der Waals surface area contributed by atoms with Crippen molar-refractivity contribution in [1.29, 1.82) is 0 Å². The number of hydrogen-bond donors (Lipinski definition) is 11. The van der Waals surface area contributed by atoms with Gasteiger partial charge in [-0.25, -0.2) is 25.0 Å². The molecule has 88 heavy (non-hydrogen) atoms. The van der Waals surface area contributed by atoms with E-state index in [0.29, 0.717) is 81.7 Å². The van der Waals surface area contributed by atoms with Crippen molar-refractivity contribution < 1.29 is 79.3 Å². The second-order valence-corrected chi connectivity index (χ2v) is 23.2. The fourth-order valence-electron chi connectivity index (χ4n) is 13.9. The number of nitrogens with zero attached hydrogens (tertiary/aromatic N) is 6. The standard InChI is InChI=1S/C33H38N4O6.C29H28N4O11.ClH/c1-3-22-23-16-21(43-32(40)36-14-10-20(11-15-36)35-12-6-5-7-13-35)8-9-27(23)34-29-24(22)18-37-28(29)17-26-25(30(37)38)19-42-31(39)33(26,41)4-2;34-7-10(8-35)31-33-27(42)20-18-13-3-1-11(37)5-15(13)30-22(18)23-19(21(20)28(33)43)14-4-2-12(38)6-16(14)32(23)29-26(41)25(40)24(39)17(9-36)44-29;/h8-9,16-17,20,41H,3-7,10-15,18-19H2,1-2H3;1-6,10,17,24-26,29-31,34-41H,7-9H2;1H/t33-;17-,24-,25+,26-,29-;/m01./s1. The minimum absolute atomic E-state index is 0. The van der Waals surface area contributed by atoms with Crippen LogP contribution in [0.1, 0.15) is 102 Å². The molecule has 464 valence electrons. The number of aliphatic hydroxyl groups is 7. The second kappa shape index (κ2) is 23.3. The molecule has 11 N–H and O–H groups in total. The van der Waals surface area contributed by atoms with Gasteiger partial charge in [0.1, 0.15) is 48.3 Å². The van der Waals surface area contributed by atoms with Gasteiger partial charge in [0, 0.05) is 69.3 Å². The first-order valence-corrected chi connectivity index (χ1v) is 29.4. The maximum absolute atomic E-state index is 14.1. The molecule has 0 saturated carbocycles. The summed E-state index contributed by atoms with van der Waals surface area (Å²) >= 11 is 0. The third kappa shape index (κ3) is 9.53. The smallest absolute Gasteiger partial charge is 0.415 e. The van der Waals surface area contributed by atoms with Gasteiger partial charge in [0.05, 0.1) is 88.1 Å². The van der Waals surface area contributed by atoms with Gasteiger partial charge < -0.3 is 84.1 Å². The molecule has 26 heteroatoms. The summed E-state index contributed by atoms with van der Waals surface area (Å²) in [7, 11) is 0. The quantitative estimate of drug-likeness (QED) is 0.0685. The van der Waals surface area contributed by atoms with Gasteiger partial charge in [-0.3, -0.25) is 14.4 Å². The minimum atomic E-state index is -1.86. The number of likely N-dealkylation sites (tertiary alicyclic amines) is 2. The number of cyclic esters (lactones) is 1. The Bertz CT molecular complexity index is 4220. The number of hydrogen-bond acceptors (Lipinski definition) is 20. The van der Waals surface area contributed by atoms with Gasteiger partial charge in [0.25, 0.3) is 17.4 Å². The number of aromatic amines is 1. The Balaban J connectivity index is 0.000000169. The number of aromatic nitrogens is 4. The Morgan fingerprint density at radius 2 is 1.51 bits per heavy atom. The van der Waals surface area contributed by atoms with E-state index in [9.17, 15) is 69.9 Å². The van der Waals surface area contributed by atoms with E-state index in [1.807, 2.05) is 17.0 Å². The molecule has 10 heterocycles. The number of imide groups is 1. The first-order chi connectivity index (χ1) is 41.9. The average Bonchev–Trinajstić information content (AvgIpc) is 1.52. The third-order valence-corrected chi connectivity index (χ3v) is 18.4. The number of aryl methyl sites for hydroxylation is 1. The molecular formula is C62H67ClN8O17. The second-order valence-electron chi connectivity index (χ2n) is 23.2. The van der Waals surface area contributed by atoms with Gasteiger partial charge >= 0.3 is 12.1 Å². The number of aromatic hydroxyl groups is 2. The predicted molar refractivity (Wildman–Crippen MR) is 320 cm³/mol. The number of phenolic OH excluding ortho intramolecular Hbond substituents is 2. The van der Waals surface area contributed by atoms with E-state index in [2.05, 4.69) is 22.2 Å². The number of hydrazine groups is 1. The number of ether oxygens (including phenoxy) is 3. The van der Waals surface area contributed by atoms with E-state index in [1.54, 1.807) is 29.7 Å². The van der Waals surface area contributed by atoms with E-state index >= 15 is 0 Å². The highest BCUT2D eigenvalue weighted by Crippen LogP contribution is 2.49. The molecular weight excluding hydrogens is 1160 g/mol. The van der Waals surface area contributed by atoms with Crippen LogP contribution in [-0.2, 0) is 39.4 Å². The maximum Gasteiger partial charge on any atom is 0.415 e. The summed E-state index contributed by atoms with van der Waals surface area (Å²) in [5.74, 6) is -2.13. The maximum atomic E-state index is 14.1. The van der Waals surface area contributed by atoms with Crippen molar-refractivity contribution in [2.75, 3.05) is 46.0 Å². The highest BCUT2D eigenvalue weighted by atomic mass is 35.5. The van der Waals surface area contributed by atoms with Crippen molar-refractivity contribution in [1.82, 2.24) is 39.3 Å². The van der Waals surface area contributed by atoms with Crippen LogP contribution >= 0.6 is 12.4 Å². The molecule has 6 atom stereocenters. The van der Waals surface area contributed by atoms with Crippen LogP contribution in [0.3, 0.4) is 0 Å². The molecule has 0 unspecified atom stereocenters. The van der Waals surface area contributed by atoms with Crippen molar-refractivity contribution in [3.05, 3.63) is 104 Å². The molecule has 3 fully saturated rings. The van der Waals surface area contributed by atoms with Crippen molar-refractivity contribution in [2.24, 2.45) is 0 Å². The molecule has 0 radical (unpaired) electrons. The normalized spacial score (nSPS) is 22.9. The van der Waals surface area contributed by atoms with Crippen LogP contribution in [-0.4, -0.2) is 186 Å². The number of aliphatic hydroxyl groups excluding tert-OH is 6. The number of carbonyl (C=O) groups is 4. The van der Waals surface area contributed by atoms with Crippen LogP contribution < -0.4 is 15.7 Å². The Labute approximate surface area is 506 Å². The number of pyridine rings is 2. The van der Waals surface area contributed by atoms with Gasteiger partial charge in [-0.05, 0) is 106 Å². The number of piperidine rings is 2. The summed E-state index contributed by atoms with van der Waals surface area (Å²) in [5, 5.41) is 96.3. The van der Waals surface area contributed by atoms with Gasteiger partial charge in [0.15, 0.2) is 11.8 Å². The summed E-state index contributed by atoms with van der Waals surface area (Å²) in [6.45, 7) is 5.77. The molecule has 0 aliphatic carbocycles. The number of benzene rings is 4. The lowest BCUT2D eigenvalue weighted by molar-refractivity contribution is -0.249. The largest absolute Gasteiger partial charge is 0.508 e. The number of fused-ring (bicyclic) bond motifs is 15. The van der Waals surface area contributed by atoms with E-state index in [0.717, 1.165) is 34.9 Å². The van der Waals surface area contributed by atoms with Crippen molar-refractivity contribution in [3.63, 3.8) is 0 Å². The van der Waals surface area contributed by atoms with Crippen molar-refractivity contribution in [3.8, 4) is 28.6 Å². The summed E-state index contributed by atoms with van der Waals surface area (Å²) in [6, 6.07) is 15.3. The molecule has 3 amide bonds. The SMILES string of the molecule is CCc1c2c(nc3ccc(OC(=O)N4CCC(N5CCCCC5)CC4)cc13)-c1cc3c(c(=O)n1C2)COC(=O)[C@]3(O)CC.Cl.O=C1c2c(c3c4ccc(O)cc4n([C@@H]4O[C@H](CO)[C@@H](O)[C@H](O)[C@H]4O)c3c3[nH]c4cc(O)ccc4c23)C(=O)N1NC(CO)CO. The van der Waals surface area contributed by atoms with E-state index in [1.165, 1.54) is 67.3 Å². The van der Waals surface area contributed by atoms with Gasteiger partial charge in [-0.15, -0.1) is 12.4 Å². The molecule has 4 aromatic heterocycles. The highest BCUT2D eigenvalue weighted by Gasteiger charge is 2.49. The van der Waals surface area contributed by atoms with Crippen LogP contribution in [0.2, 0.25) is 0 Å². The fraction of sp³-hybridized carbons (Fsp3) is 0.419. The number of esters is 1. The molecule has 0 bridgehead atoms. The average molecular weight is 1230 g/mol. The van der Waals surface area contributed by atoms with E-state index < -0.39 is 79.9 Å². The van der Waals surface area contributed by atoms with Gasteiger partial charge in [0.2, 0.25) is 0 Å². The third-order valence-electron chi connectivity index (χ3n) is 18.4. The van der Waals surface area contributed by atoms with Crippen molar-refractivity contribution in [2.45, 2.75) is 120 Å². The Morgan fingerprint density at radius 1 is 0.818 bits per heavy atom. The van der Waals surface area contributed by atoms with Crippen LogP contribution in [0.15, 0.2) is 65.5 Å². The Kier molecular flexibility index (Phi) is 16.0. The number of phenols is 2. The molecule has 6 aliphatic rings. The summed E-state index contributed by atoms with van der Waals surface area (Å²) < 4.78 is 20.1. The number of nitrogens with one attached hydrogen (secondary N) is 2. The zero-order valence-electron chi connectivity index (χ0n) is 48.0. The molecule has 0 spiro atoms. The molecule has 3 saturated heterocycles. The zero-order valence-corrected chi connectivity index (χ0v) is 48.8. The topological polar surface area (TPSA) is 355 Å². The van der Waals surface area contributed by atoms with Crippen LogP contribution in [0.25, 0.3) is 65.9 Å². The first kappa shape index (κ1) is 60.5. The molecule has 8 aromatic rings. The number of halogens is 1.